The Morgan fingerprint density at radius 2 is 2.15 bits per heavy atom. The summed E-state index contributed by atoms with van der Waals surface area (Å²) in [6.45, 7) is 5.11. The summed E-state index contributed by atoms with van der Waals surface area (Å²) >= 11 is 0. The molecule has 0 radical (unpaired) electrons. The molecule has 0 spiro atoms. The molecule has 0 aliphatic carbocycles. The minimum atomic E-state index is 0.0721. The summed E-state index contributed by atoms with van der Waals surface area (Å²) in [5.41, 5.74) is 0.652. The van der Waals surface area contributed by atoms with Crippen molar-refractivity contribution in [1.82, 2.24) is 30.7 Å². The third-order valence-electron chi connectivity index (χ3n) is 4.17. The highest BCUT2D eigenvalue weighted by atomic mass is 16.5. The van der Waals surface area contributed by atoms with Crippen molar-refractivity contribution < 1.29 is 9.32 Å². The fraction of sp³-hybridized carbons (Fsp3) is 0.500. The number of pyridine rings is 1. The first-order chi connectivity index (χ1) is 13.3. The van der Waals surface area contributed by atoms with Crippen LogP contribution in [-0.4, -0.2) is 64.6 Å². The van der Waals surface area contributed by atoms with Gasteiger partial charge in [-0.15, -0.1) is 0 Å². The Balaban J connectivity index is 1.48. The normalized spacial score (nSPS) is 14.4. The molecule has 0 atom stereocenters. The van der Waals surface area contributed by atoms with Gasteiger partial charge in [0.05, 0.1) is 0 Å². The molecule has 2 aromatic heterocycles. The number of guanidine groups is 1. The SMILES string of the molecule is CCNC(=NCC(=O)N1CCCC1)NCCc1noc(-c2ccccn2)n1. The molecule has 2 N–H and O–H groups in total. The number of carbonyl (C=O) groups is 1. The maximum absolute atomic E-state index is 12.1. The molecular weight excluding hydrogens is 346 g/mol. The zero-order valence-corrected chi connectivity index (χ0v) is 15.5. The monoisotopic (exact) mass is 371 g/mol. The van der Waals surface area contributed by atoms with Crippen molar-refractivity contribution in [3.8, 4) is 11.6 Å². The first kappa shape index (κ1) is 18.8. The average Bonchev–Trinajstić information content (AvgIpc) is 3.39. The van der Waals surface area contributed by atoms with Crippen LogP contribution >= 0.6 is 0 Å². The predicted octanol–water partition coefficient (Wildman–Crippen LogP) is 0.852. The highest BCUT2D eigenvalue weighted by Crippen LogP contribution is 2.13. The zero-order chi connectivity index (χ0) is 18.9. The van der Waals surface area contributed by atoms with Gasteiger partial charge in [0.25, 0.3) is 5.89 Å². The Kier molecular flexibility index (Phi) is 6.72. The molecule has 9 heteroatoms. The van der Waals surface area contributed by atoms with Gasteiger partial charge in [0.2, 0.25) is 5.91 Å². The van der Waals surface area contributed by atoms with E-state index >= 15 is 0 Å². The van der Waals surface area contributed by atoms with Crippen LogP contribution < -0.4 is 10.6 Å². The van der Waals surface area contributed by atoms with Crippen LogP contribution in [-0.2, 0) is 11.2 Å². The Hall–Kier alpha value is -2.97. The van der Waals surface area contributed by atoms with Gasteiger partial charge < -0.3 is 20.1 Å². The third kappa shape index (κ3) is 5.50. The van der Waals surface area contributed by atoms with E-state index in [1.807, 2.05) is 30.0 Å². The quantitative estimate of drug-likeness (QED) is 0.549. The second-order valence-electron chi connectivity index (χ2n) is 6.19. The Bertz CT molecular complexity index is 754. The first-order valence-corrected chi connectivity index (χ1v) is 9.30. The average molecular weight is 371 g/mol. The van der Waals surface area contributed by atoms with E-state index in [4.69, 9.17) is 4.52 Å². The van der Waals surface area contributed by atoms with Crippen molar-refractivity contribution in [1.29, 1.82) is 0 Å². The number of carbonyl (C=O) groups excluding carboxylic acids is 1. The molecule has 1 amide bonds. The van der Waals surface area contributed by atoms with Gasteiger partial charge in [-0.1, -0.05) is 11.2 Å². The molecule has 3 rings (SSSR count). The topological polar surface area (TPSA) is 109 Å². The molecule has 2 aromatic rings. The van der Waals surface area contributed by atoms with Gasteiger partial charge in [0.15, 0.2) is 11.8 Å². The highest BCUT2D eigenvalue weighted by molar-refractivity contribution is 5.85. The van der Waals surface area contributed by atoms with Gasteiger partial charge in [0, 0.05) is 38.8 Å². The van der Waals surface area contributed by atoms with Crippen molar-refractivity contribution in [3.05, 3.63) is 30.2 Å². The number of aliphatic imine (C=N–C) groups is 1. The van der Waals surface area contributed by atoms with E-state index < -0.39 is 0 Å². The fourth-order valence-electron chi connectivity index (χ4n) is 2.80. The van der Waals surface area contributed by atoms with Gasteiger partial charge >= 0.3 is 0 Å². The number of amides is 1. The second kappa shape index (κ2) is 9.65. The van der Waals surface area contributed by atoms with Crippen molar-refractivity contribution in [3.63, 3.8) is 0 Å². The van der Waals surface area contributed by atoms with E-state index in [-0.39, 0.29) is 12.5 Å². The van der Waals surface area contributed by atoms with Gasteiger partial charge in [-0.2, -0.15) is 4.98 Å². The first-order valence-electron chi connectivity index (χ1n) is 9.30. The molecule has 9 nitrogen and oxygen atoms in total. The molecule has 3 heterocycles. The van der Waals surface area contributed by atoms with Crippen LogP contribution in [0.1, 0.15) is 25.6 Å². The molecule has 1 aliphatic rings. The lowest BCUT2D eigenvalue weighted by molar-refractivity contribution is -0.128. The minimum absolute atomic E-state index is 0.0721. The van der Waals surface area contributed by atoms with Gasteiger partial charge in [-0.05, 0) is 31.9 Å². The van der Waals surface area contributed by atoms with Crippen LogP contribution in [0.5, 0.6) is 0 Å². The van der Waals surface area contributed by atoms with E-state index in [1.165, 1.54) is 0 Å². The maximum Gasteiger partial charge on any atom is 0.276 e. The molecule has 27 heavy (non-hydrogen) atoms. The minimum Gasteiger partial charge on any atom is -0.357 e. The number of aromatic nitrogens is 3. The molecule has 1 fully saturated rings. The third-order valence-corrected chi connectivity index (χ3v) is 4.17. The van der Waals surface area contributed by atoms with Crippen LogP contribution in [0.25, 0.3) is 11.6 Å². The summed E-state index contributed by atoms with van der Waals surface area (Å²) < 4.78 is 5.24. The van der Waals surface area contributed by atoms with E-state index in [0.717, 1.165) is 32.5 Å². The Labute approximate surface area is 158 Å². The van der Waals surface area contributed by atoms with Gasteiger partial charge in [-0.25, -0.2) is 4.99 Å². The van der Waals surface area contributed by atoms with Crippen molar-refractivity contribution in [2.45, 2.75) is 26.2 Å². The van der Waals surface area contributed by atoms with Crippen LogP contribution in [0.2, 0.25) is 0 Å². The molecule has 0 saturated carbocycles. The highest BCUT2D eigenvalue weighted by Gasteiger charge is 2.17. The number of nitrogens with zero attached hydrogens (tertiary/aromatic N) is 5. The summed E-state index contributed by atoms with van der Waals surface area (Å²) in [7, 11) is 0. The number of hydrogen-bond acceptors (Lipinski definition) is 6. The lowest BCUT2D eigenvalue weighted by Crippen LogP contribution is -2.39. The Morgan fingerprint density at radius 3 is 2.89 bits per heavy atom. The Morgan fingerprint density at radius 1 is 1.30 bits per heavy atom. The number of hydrogen-bond donors (Lipinski definition) is 2. The van der Waals surface area contributed by atoms with E-state index in [1.54, 1.807) is 6.20 Å². The summed E-state index contributed by atoms with van der Waals surface area (Å²) in [6.07, 6.45) is 4.42. The molecular formula is C18H25N7O2. The summed E-state index contributed by atoms with van der Waals surface area (Å²) in [4.78, 5) is 26.9. The number of nitrogens with one attached hydrogen (secondary N) is 2. The second-order valence-corrected chi connectivity index (χ2v) is 6.19. The lowest BCUT2D eigenvalue weighted by Gasteiger charge is -2.15. The maximum atomic E-state index is 12.1. The summed E-state index contributed by atoms with van der Waals surface area (Å²) in [5.74, 6) is 1.68. The largest absolute Gasteiger partial charge is 0.357 e. The standard InChI is InChI=1S/C18H25N7O2/c1-2-19-18(22-13-16(26)25-11-5-6-12-25)21-10-8-15-23-17(27-24-15)14-7-3-4-9-20-14/h3-4,7,9H,2,5-6,8,10-13H2,1H3,(H2,19,21,22). The van der Waals surface area contributed by atoms with E-state index in [2.05, 4.69) is 30.8 Å². The summed E-state index contributed by atoms with van der Waals surface area (Å²) in [6, 6.07) is 5.53. The molecule has 144 valence electrons. The molecule has 1 aliphatic heterocycles. The molecule has 0 bridgehead atoms. The summed E-state index contributed by atoms with van der Waals surface area (Å²) in [5, 5.41) is 10.3. The van der Waals surface area contributed by atoms with Crippen molar-refractivity contribution in [2.75, 3.05) is 32.7 Å². The van der Waals surface area contributed by atoms with E-state index in [9.17, 15) is 4.79 Å². The van der Waals surface area contributed by atoms with Gasteiger partial charge in [-0.3, -0.25) is 9.78 Å². The molecule has 0 aromatic carbocycles. The molecule has 0 unspecified atom stereocenters. The van der Waals surface area contributed by atoms with Crippen molar-refractivity contribution in [2.24, 2.45) is 4.99 Å². The van der Waals surface area contributed by atoms with Crippen LogP contribution in [0.3, 0.4) is 0 Å². The zero-order valence-electron chi connectivity index (χ0n) is 15.5. The van der Waals surface area contributed by atoms with Crippen molar-refractivity contribution >= 4 is 11.9 Å². The van der Waals surface area contributed by atoms with Crippen LogP contribution in [0.15, 0.2) is 33.9 Å². The fourth-order valence-corrected chi connectivity index (χ4v) is 2.80. The molecule has 1 saturated heterocycles. The van der Waals surface area contributed by atoms with E-state index in [0.29, 0.717) is 36.3 Å². The number of likely N-dealkylation sites (tertiary alicyclic amines) is 1. The van der Waals surface area contributed by atoms with Crippen LogP contribution in [0.4, 0.5) is 0 Å². The number of rotatable bonds is 7. The lowest BCUT2D eigenvalue weighted by atomic mass is 10.3. The van der Waals surface area contributed by atoms with Crippen LogP contribution in [0, 0.1) is 0 Å². The predicted molar refractivity (Wildman–Crippen MR) is 101 cm³/mol. The van der Waals surface area contributed by atoms with Gasteiger partial charge in [0.1, 0.15) is 12.2 Å². The smallest absolute Gasteiger partial charge is 0.276 e.